The van der Waals surface area contributed by atoms with Gasteiger partial charge >= 0.3 is 5.97 Å². The molecule has 0 amide bonds. The van der Waals surface area contributed by atoms with Gasteiger partial charge in [0.1, 0.15) is 0 Å². The zero-order valence-corrected chi connectivity index (χ0v) is 15.9. The van der Waals surface area contributed by atoms with E-state index >= 15 is 0 Å². The molecule has 3 N–H and O–H groups in total. The number of methoxy groups -OCH3 is 1. The highest BCUT2D eigenvalue weighted by atomic mass is 16.5. The van der Waals surface area contributed by atoms with Crippen molar-refractivity contribution in [2.24, 2.45) is 4.99 Å². The third-order valence-electron chi connectivity index (χ3n) is 4.92. The fourth-order valence-electron chi connectivity index (χ4n) is 3.44. The minimum Gasteiger partial charge on any atom is -0.465 e. The Morgan fingerprint density at radius 3 is 2.59 bits per heavy atom. The lowest BCUT2D eigenvalue weighted by Crippen LogP contribution is -2.43. The number of anilines is 2. The normalized spacial score (nSPS) is 15.4. The SMILES string of the molecule is COC(=O)c1ccc(N)c(C2=Nc3ccccc3N(Cc3ccccc3)C2O)c1. The maximum Gasteiger partial charge on any atom is 0.337 e. The number of aliphatic hydroxyl groups excluding tert-OH is 1. The van der Waals surface area contributed by atoms with Crippen molar-refractivity contribution in [1.29, 1.82) is 0 Å². The molecule has 1 heterocycles. The largest absolute Gasteiger partial charge is 0.465 e. The summed E-state index contributed by atoms with van der Waals surface area (Å²) in [5.74, 6) is -0.473. The van der Waals surface area contributed by atoms with Crippen LogP contribution < -0.4 is 10.6 Å². The minimum absolute atomic E-state index is 0.347. The Morgan fingerprint density at radius 2 is 1.83 bits per heavy atom. The van der Waals surface area contributed by atoms with Gasteiger partial charge in [-0.05, 0) is 35.9 Å². The van der Waals surface area contributed by atoms with Crippen LogP contribution >= 0.6 is 0 Å². The van der Waals surface area contributed by atoms with Crippen molar-refractivity contribution in [2.45, 2.75) is 12.8 Å². The van der Waals surface area contributed by atoms with E-state index in [0.717, 1.165) is 16.9 Å². The van der Waals surface area contributed by atoms with Crippen LogP contribution in [0.15, 0.2) is 77.8 Å². The van der Waals surface area contributed by atoms with Crippen LogP contribution in [0.3, 0.4) is 0 Å². The molecule has 29 heavy (non-hydrogen) atoms. The zero-order chi connectivity index (χ0) is 20.4. The van der Waals surface area contributed by atoms with Crippen LogP contribution in [0.25, 0.3) is 0 Å². The number of rotatable bonds is 4. The first-order chi connectivity index (χ1) is 14.1. The predicted molar refractivity (Wildman–Crippen MR) is 113 cm³/mol. The van der Waals surface area contributed by atoms with E-state index in [0.29, 0.717) is 29.1 Å². The second-order valence-electron chi connectivity index (χ2n) is 6.77. The molecule has 146 valence electrons. The molecule has 0 radical (unpaired) electrons. The Hall–Kier alpha value is -3.64. The van der Waals surface area contributed by atoms with Crippen molar-refractivity contribution in [3.63, 3.8) is 0 Å². The molecule has 3 aromatic carbocycles. The number of fused-ring (bicyclic) bond motifs is 1. The summed E-state index contributed by atoms with van der Waals surface area (Å²) in [4.78, 5) is 18.5. The van der Waals surface area contributed by atoms with Crippen LogP contribution in [-0.4, -0.2) is 30.1 Å². The summed E-state index contributed by atoms with van der Waals surface area (Å²) < 4.78 is 4.81. The summed E-state index contributed by atoms with van der Waals surface area (Å²) in [7, 11) is 1.32. The quantitative estimate of drug-likeness (QED) is 0.528. The van der Waals surface area contributed by atoms with E-state index in [4.69, 9.17) is 10.5 Å². The van der Waals surface area contributed by atoms with E-state index in [1.54, 1.807) is 18.2 Å². The zero-order valence-electron chi connectivity index (χ0n) is 15.9. The lowest BCUT2D eigenvalue weighted by atomic mass is 10.00. The average molecular weight is 387 g/mol. The van der Waals surface area contributed by atoms with Crippen molar-refractivity contribution >= 4 is 28.7 Å². The highest BCUT2D eigenvalue weighted by Gasteiger charge is 2.30. The number of ether oxygens (including phenoxy) is 1. The standard InChI is InChI=1S/C23H21N3O3/c1-29-23(28)16-11-12-18(24)17(13-16)21-22(27)26(14-15-7-3-2-4-8-15)20-10-6-5-9-19(20)25-21/h2-13,22,27H,14,24H2,1H3. The summed E-state index contributed by atoms with van der Waals surface area (Å²) in [5, 5.41) is 11.2. The fourth-order valence-corrected chi connectivity index (χ4v) is 3.44. The van der Waals surface area contributed by atoms with E-state index in [1.807, 2.05) is 59.5 Å². The maximum absolute atomic E-state index is 12.0. The van der Waals surface area contributed by atoms with Crippen LogP contribution in [0, 0.1) is 0 Å². The van der Waals surface area contributed by atoms with Crippen molar-refractivity contribution in [2.75, 3.05) is 17.7 Å². The van der Waals surface area contributed by atoms with E-state index in [1.165, 1.54) is 7.11 Å². The molecule has 0 saturated carbocycles. The third-order valence-corrected chi connectivity index (χ3v) is 4.92. The number of esters is 1. The molecule has 1 unspecified atom stereocenters. The molecular weight excluding hydrogens is 366 g/mol. The number of carbonyl (C=O) groups is 1. The summed E-state index contributed by atoms with van der Waals surface area (Å²) >= 11 is 0. The van der Waals surface area contributed by atoms with Gasteiger partial charge in [0.15, 0.2) is 6.23 Å². The molecule has 6 heteroatoms. The Kier molecular flexibility index (Phi) is 5.01. The van der Waals surface area contributed by atoms with Gasteiger partial charge < -0.3 is 20.5 Å². The number of para-hydroxylation sites is 2. The fraction of sp³-hybridized carbons (Fsp3) is 0.130. The predicted octanol–water partition coefficient (Wildman–Crippen LogP) is 3.51. The van der Waals surface area contributed by atoms with Crippen LogP contribution in [-0.2, 0) is 11.3 Å². The second kappa shape index (κ2) is 7.77. The molecular formula is C23H21N3O3. The summed E-state index contributed by atoms with van der Waals surface area (Å²) in [6.45, 7) is 0.495. The highest BCUT2D eigenvalue weighted by Crippen LogP contribution is 2.37. The second-order valence-corrected chi connectivity index (χ2v) is 6.77. The Balaban J connectivity index is 1.81. The van der Waals surface area contributed by atoms with Crippen molar-refractivity contribution in [3.8, 4) is 0 Å². The highest BCUT2D eigenvalue weighted by molar-refractivity contribution is 6.12. The van der Waals surface area contributed by atoms with Gasteiger partial charge in [0.05, 0.1) is 29.8 Å². The lowest BCUT2D eigenvalue weighted by Gasteiger charge is -2.35. The molecule has 0 fully saturated rings. The molecule has 4 rings (SSSR count). The monoisotopic (exact) mass is 387 g/mol. The van der Waals surface area contributed by atoms with Crippen LogP contribution in [0.5, 0.6) is 0 Å². The summed E-state index contributed by atoms with van der Waals surface area (Å²) in [6, 6.07) is 22.3. The van der Waals surface area contributed by atoms with Crippen molar-refractivity contribution in [3.05, 3.63) is 89.5 Å². The minimum atomic E-state index is -1.03. The molecule has 0 bridgehead atoms. The third kappa shape index (κ3) is 3.58. The Labute approximate surface area is 168 Å². The van der Waals surface area contributed by atoms with Gasteiger partial charge in [-0.2, -0.15) is 0 Å². The molecule has 0 aromatic heterocycles. The Bertz CT molecular complexity index is 1080. The van der Waals surface area contributed by atoms with Crippen LogP contribution in [0.4, 0.5) is 17.1 Å². The average Bonchev–Trinajstić information content (AvgIpc) is 2.76. The number of benzene rings is 3. The first kappa shape index (κ1) is 18.7. The number of aliphatic hydroxyl groups is 1. The van der Waals surface area contributed by atoms with Crippen molar-refractivity contribution in [1.82, 2.24) is 0 Å². The molecule has 3 aromatic rings. The number of nitrogens with two attached hydrogens (primary N) is 1. The number of nitrogen functional groups attached to an aromatic ring is 1. The molecule has 1 aliphatic heterocycles. The van der Waals surface area contributed by atoms with Gasteiger partial charge in [0.2, 0.25) is 0 Å². The smallest absolute Gasteiger partial charge is 0.337 e. The van der Waals surface area contributed by atoms with Crippen molar-refractivity contribution < 1.29 is 14.6 Å². The first-order valence-corrected chi connectivity index (χ1v) is 9.23. The van der Waals surface area contributed by atoms with Gasteiger partial charge in [-0.15, -0.1) is 0 Å². The van der Waals surface area contributed by atoms with Gasteiger partial charge in [0.25, 0.3) is 0 Å². The molecule has 0 aliphatic carbocycles. The maximum atomic E-state index is 12.0. The molecule has 0 spiro atoms. The number of aliphatic imine (C=N–C) groups is 1. The topological polar surface area (TPSA) is 88.2 Å². The van der Waals surface area contributed by atoms with Crippen LogP contribution in [0.1, 0.15) is 21.5 Å². The first-order valence-electron chi connectivity index (χ1n) is 9.23. The van der Waals surface area contributed by atoms with Gasteiger partial charge in [0, 0.05) is 17.8 Å². The van der Waals surface area contributed by atoms with E-state index in [-0.39, 0.29) is 0 Å². The number of hydrogen-bond acceptors (Lipinski definition) is 6. The summed E-state index contributed by atoms with van der Waals surface area (Å²) in [6.07, 6.45) is -1.03. The number of nitrogens with zero attached hydrogens (tertiary/aromatic N) is 2. The molecule has 0 saturated heterocycles. The molecule has 1 atom stereocenters. The summed E-state index contributed by atoms with van der Waals surface area (Å²) in [5.41, 5.74) is 10.5. The van der Waals surface area contributed by atoms with Crippen LogP contribution in [0.2, 0.25) is 0 Å². The van der Waals surface area contributed by atoms with E-state index < -0.39 is 12.2 Å². The molecule has 1 aliphatic rings. The van der Waals surface area contributed by atoms with E-state index in [2.05, 4.69) is 4.99 Å². The number of carbonyl (C=O) groups excluding carboxylic acids is 1. The van der Waals surface area contributed by atoms with Gasteiger partial charge in [-0.3, -0.25) is 0 Å². The van der Waals surface area contributed by atoms with E-state index in [9.17, 15) is 9.90 Å². The van der Waals surface area contributed by atoms with Gasteiger partial charge in [-0.1, -0.05) is 42.5 Å². The lowest BCUT2D eigenvalue weighted by molar-refractivity contribution is 0.0600. The van der Waals surface area contributed by atoms with Gasteiger partial charge in [-0.25, -0.2) is 9.79 Å². The number of hydrogen-bond donors (Lipinski definition) is 2. The Morgan fingerprint density at radius 1 is 1.10 bits per heavy atom. The molecule has 6 nitrogen and oxygen atoms in total.